The first kappa shape index (κ1) is 22.3. The van der Waals surface area contributed by atoms with Crippen LogP contribution in [0.3, 0.4) is 0 Å². The van der Waals surface area contributed by atoms with E-state index < -0.39 is 0 Å². The fraction of sp³-hybridized carbons (Fsp3) is 0.391. The third kappa shape index (κ3) is 6.52. The largest absolute Gasteiger partial charge is 0.490 e. The predicted molar refractivity (Wildman–Crippen MR) is 113 cm³/mol. The highest BCUT2D eigenvalue weighted by molar-refractivity contribution is 5.95. The number of rotatable bonds is 10. The first-order valence-corrected chi connectivity index (χ1v) is 9.99. The van der Waals surface area contributed by atoms with E-state index in [-0.39, 0.29) is 30.8 Å². The van der Waals surface area contributed by atoms with Crippen molar-refractivity contribution in [3.63, 3.8) is 0 Å². The molecule has 156 valence electrons. The molecule has 6 nitrogen and oxygen atoms in total. The molecular formula is C23H30N2O4. The van der Waals surface area contributed by atoms with Gasteiger partial charge in [-0.25, -0.2) is 0 Å². The van der Waals surface area contributed by atoms with Crippen LogP contribution in [0.1, 0.15) is 54.7 Å². The minimum Gasteiger partial charge on any atom is -0.490 e. The van der Waals surface area contributed by atoms with Gasteiger partial charge in [-0.15, -0.1) is 0 Å². The Kier molecular flexibility index (Phi) is 8.52. The minimum absolute atomic E-state index is 0.130. The van der Waals surface area contributed by atoms with Gasteiger partial charge in [-0.1, -0.05) is 24.3 Å². The van der Waals surface area contributed by atoms with Gasteiger partial charge in [-0.05, 0) is 57.0 Å². The van der Waals surface area contributed by atoms with Crippen molar-refractivity contribution in [1.82, 2.24) is 10.6 Å². The number of hydrogen-bond donors (Lipinski definition) is 2. The summed E-state index contributed by atoms with van der Waals surface area (Å²) in [5.41, 5.74) is 2.46. The van der Waals surface area contributed by atoms with Gasteiger partial charge in [0.2, 0.25) is 5.91 Å². The summed E-state index contributed by atoms with van der Waals surface area (Å²) in [7, 11) is 0. The molecule has 0 aliphatic rings. The second kappa shape index (κ2) is 11.1. The van der Waals surface area contributed by atoms with Crippen molar-refractivity contribution in [2.75, 3.05) is 19.8 Å². The summed E-state index contributed by atoms with van der Waals surface area (Å²) in [6, 6.07) is 12.8. The fourth-order valence-corrected chi connectivity index (χ4v) is 2.95. The van der Waals surface area contributed by atoms with Crippen LogP contribution in [0, 0.1) is 6.92 Å². The van der Waals surface area contributed by atoms with Gasteiger partial charge in [0.15, 0.2) is 11.5 Å². The monoisotopic (exact) mass is 398 g/mol. The number of amides is 2. The van der Waals surface area contributed by atoms with Crippen molar-refractivity contribution < 1.29 is 19.1 Å². The third-order valence-corrected chi connectivity index (χ3v) is 4.47. The Bertz CT molecular complexity index is 835. The van der Waals surface area contributed by atoms with Crippen LogP contribution >= 0.6 is 0 Å². The van der Waals surface area contributed by atoms with Gasteiger partial charge in [-0.2, -0.15) is 0 Å². The molecule has 0 spiro atoms. The smallest absolute Gasteiger partial charge is 0.251 e. The zero-order valence-electron chi connectivity index (χ0n) is 17.6. The Morgan fingerprint density at radius 1 is 1.00 bits per heavy atom. The number of hydrogen-bond acceptors (Lipinski definition) is 4. The van der Waals surface area contributed by atoms with E-state index in [1.807, 2.05) is 64.1 Å². The molecule has 2 N–H and O–H groups in total. The molecule has 1 atom stereocenters. The number of carbonyl (C=O) groups is 2. The summed E-state index contributed by atoms with van der Waals surface area (Å²) >= 11 is 0. The minimum atomic E-state index is -0.190. The van der Waals surface area contributed by atoms with E-state index in [1.54, 1.807) is 6.07 Å². The lowest BCUT2D eigenvalue weighted by molar-refractivity contribution is -0.121. The van der Waals surface area contributed by atoms with Crippen molar-refractivity contribution in [3.8, 4) is 11.5 Å². The molecule has 2 amide bonds. The fourth-order valence-electron chi connectivity index (χ4n) is 2.95. The Hall–Kier alpha value is -3.02. The predicted octanol–water partition coefficient (Wildman–Crippen LogP) is 3.79. The maximum absolute atomic E-state index is 12.3. The summed E-state index contributed by atoms with van der Waals surface area (Å²) in [6.07, 6.45) is 0.206. The molecule has 2 rings (SSSR count). The normalized spacial score (nSPS) is 11.4. The van der Waals surface area contributed by atoms with E-state index in [0.29, 0.717) is 30.3 Å². The average molecular weight is 399 g/mol. The number of aryl methyl sites for hydroxylation is 1. The van der Waals surface area contributed by atoms with Crippen LogP contribution in [0.5, 0.6) is 11.5 Å². The van der Waals surface area contributed by atoms with Crippen LogP contribution in [0.25, 0.3) is 0 Å². The van der Waals surface area contributed by atoms with Crippen molar-refractivity contribution in [1.29, 1.82) is 0 Å². The van der Waals surface area contributed by atoms with Crippen LogP contribution in [-0.4, -0.2) is 31.6 Å². The van der Waals surface area contributed by atoms with Gasteiger partial charge >= 0.3 is 0 Å². The topological polar surface area (TPSA) is 76.7 Å². The second-order valence-electron chi connectivity index (χ2n) is 6.68. The van der Waals surface area contributed by atoms with Gasteiger partial charge in [0.1, 0.15) is 0 Å². The first-order chi connectivity index (χ1) is 14.0. The molecule has 0 heterocycles. The summed E-state index contributed by atoms with van der Waals surface area (Å²) in [6.45, 7) is 9.00. The molecular weight excluding hydrogens is 368 g/mol. The van der Waals surface area contributed by atoms with E-state index in [9.17, 15) is 9.59 Å². The molecule has 0 unspecified atom stereocenters. The van der Waals surface area contributed by atoms with Crippen LogP contribution in [0.4, 0.5) is 0 Å². The third-order valence-electron chi connectivity index (χ3n) is 4.47. The van der Waals surface area contributed by atoms with Crippen molar-refractivity contribution in [2.45, 2.75) is 40.2 Å². The molecule has 0 aromatic heterocycles. The van der Waals surface area contributed by atoms with E-state index in [4.69, 9.17) is 9.47 Å². The van der Waals surface area contributed by atoms with E-state index in [0.717, 1.165) is 11.1 Å². The van der Waals surface area contributed by atoms with E-state index >= 15 is 0 Å². The Balaban J connectivity index is 1.87. The number of benzene rings is 2. The van der Waals surface area contributed by atoms with Crippen LogP contribution in [0.15, 0.2) is 42.5 Å². The van der Waals surface area contributed by atoms with Crippen LogP contribution < -0.4 is 20.1 Å². The molecule has 6 heteroatoms. The van der Waals surface area contributed by atoms with Crippen LogP contribution in [-0.2, 0) is 4.79 Å². The molecule has 0 radical (unpaired) electrons. The van der Waals surface area contributed by atoms with Gasteiger partial charge < -0.3 is 20.1 Å². The molecule has 0 bridgehead atoms. The average Bonchev–Trinajstić information content (AvgIpc) is 2.69. The molecule has 0 aliphatic carbocycles. The van der Waals surface area contributed by atoms with Gasteiger partial charge in [0, 0.05) is 18.5 Å². The lowest BCUT2D eigenvalue weighted by Gasteiger charge is -2.17. The summed E-state index contributed by atoms with van der Waals surface area (Å²) in [5.74, 6) is 1.06. The van der Waals surface area contributed by atoms with Crippen molar-refractivity contribution >= 4 is 11.8 Å². The Morgan fingerprint density at radius 2 is 1.69 bits per heavy atom. The molecule has 0 saturated heterocycles. The Labute approximate surface area is 172 Å². The maximum Gasteiger partial charge on any atom is 0.251 e. The number of nitrogens with one attached hydrogen (secondary N) is 2. The maximum atomic E-state index is 12.3. The highest BCUT2D eigenvalue weighted by Crippen LogP contribution is 2.30. The second-order valence-corrected chi connectivity index (χ2v) is 6.68. The van der Waals surface area contributed by atoms with E-state index in [1.165, 1.54) is 0 Å². The molecule has 0 aliphatic heterocycles. The molecule has 29 heavy (non-hydrogen) atoms. The molecule has 2 aromatic carbocycles. The standard InChI is InChI=1S/C23H30N2O4/c1-5-28-20-12-11-18(15-21(20)29-6-2)17(4)25-22(26)13-14-24-23(27)19-10-8-7-9-16(19)3/h7-12,15,17H,5-6,13-14H2,1-4H3,(H,24,27)(H,25,26)/t17-/m0/s1. The molecule has 0 saturated carbocycles. The highest BCUT2D eigenvalue weighted by Gasteiger charge is 2.14. The van der Waals surface area contributed by atoms with Gasteiger partial charge in [0.05, 0.1) is 19.3 Å². The van der Waals surface area contributed by atoms with E-state index in [2.05, 4.69) is 10.6 Å². The summed E-state index contributed by atoms with van der Waals surface area (Å²) < 4.78 is 11.2. The number of carbonyl (C=O) groups excluding carboxylic acids is 2. The SMILES string of the molecule is CCOc1ccc([C@H](C)NC(=O)CCNC(=O)c2ccccc2C)cc1OCC. The highest BCUT2D eigenvalue weighted by atomic mass is 16.5. The zero-order chi connectivity index (χ0) is 21.2. The van der Waals surface area contributed by atoms with Crippen molar-refractivity contribution in [3.05, 3.63) is 59.2 Å². The Morgan fingerprint density at radius 3 is 2.38 bits per heavy atom. The first-order valence-electron chi connectivity index (χ1n) is 9.99. The molecule has 0 fully saturated rings. The quantitative estimate of drug-likeness (QED) is 0.638. The summed E-state index contributed by atoms with van der Waals surface area (Å²) in [4.78, 5) is 24.5. The zero-order valence-corrected chi connectivity index (χ0v) is 17.6. The number of ether oxygens (including phenoxy) is 2. The lowest BCUT2D eigenvalue weighted by atomic mass is 10.1. The molecule has 2 aromatic rings. The lowest BCUT2D eigenvalue weighted by Crippen LogP contribution is -2.32. The van der Waals surface area contributed by atoms with Crippen LogP contribution in [0.2, 0.25) is 0 Å². The van der Waals surface area contributed by atoms with Gasteiger partial charge in [0.25, 0.3) is 5.91 Å². The van der Waals surface area contributed by atoms with Gasteiger partial charge in [-0.3, -0.25) is 9.59 Å². The summed E-state index contributed by atoms with van der Waals surface area (Å²) in [5, 5.41) is 5.75. The van der Waals surface area contributed by atoms with Crippen molar-refractivity contribution in [2.24, 2.45) is 0 Å².